The van der Waals surface area contributed by atoms with Crippen molar-refractivity contribution >= 4 is 35.0 Å². The maximum absolute atomic E-state index is 5.98. The first kappa shape index (κ1) is 17.3. The second-order valence-corrected chi connectivity index (χ2v) is 7.20. The standard InChI is InChI=1S/C18H17Cl2N3S/c1-2-11-23-17(14-5-9-16(20)10-6-14)21-22-18(23)24-12-13-3-7-15(19)8-4-13/h3-10H,2,11-12H2,1H3. The Morgan fingerprint density at radius 3 is 2.17 bits per heavy atom. The van der Waals surface area contributed by atoms with E-state index in [1.54, 1.807) is 11.8 Å². The molecular formula is C18H17Cl2N3S. The minimum atomic E-state index is 0.720. The topological polar surface area (TPSA) is 30.7 Å². The molecule has 0 saturated heterocycles. The first-order chi connectivity index (χ1) is 11.7. The Morgan fingerprint density at radius 2 is 1.54 bits per heavy atom. The van der Waals surface area contributed by atoms with E-state index in [2.05, 4.69) is 21.7 Å². The van der Waals surface area contributed by atoms with Crippen LogP contribution in [0.3, 0.4) is 0 Å². The van der Waals surface area contributed by atoms with E-state index >= 15 is 0 Å². The average molecular weight is 378 g/mol. The van der Waals surface area contributed by atoms with E-state index < -0.39 is 0 Å². The number of halogens is 2. The van der Waals surface area contributed by atoms with Crippen LogP contribution in [0.2, 0.25) is 10.0 Å². The van der Waals surface area contributed by atoms with Gasteiger partial charge in [0.1, 0.15) is 0 Å². The largest absolute Gasteiger partial charge is 0.302 e. The smallest absolute Gasteiger partial charge is 0.191 e. The van der Waals surface area contributed by atoms with Crippen LogP contribution in [-0.2, 0) is 12.3 Å². The Kier molecular flexibility index (Phi) is 5.82. The SMILES string of the molecule is CCCn1c(SCc2ccc(Cl)cc2)nnc1-c1ccc(Cl)cc1. The molecule has 0 aliphatic rings. The van der Waals surface area contributed by atoms with Crippen LogP contribution < -0.4 is 0 Å². The summed E-state index contributed by atoms with van der Waals surface area (Å²) in [5, 5.41) is 11.2. The molecule has 0 radical (unpaired) electrons. The van der Waals surface area contributed by atoms with E-state index in [-0.39, 0.29) is 0 Å². The van der Waals surface area contributed by atoms with Crippen molar-refractivity contribution in [1.29, 1.82) is 0 Å². The van der Waals surface area contributed by atoms with Gasteiger partial charge < -0.3 is 4.57 Å². The van der Waals surface area contributed by atoms with Crippen molar-refractivity contribution in [2.75, 3.05) is 0 Å². The number of nitrogens with zero attached hydrogens (tertiary/aromatic N) is 3. The maximum atomic E-state index is 5.98. The Bertz CT molecular complexity index is 798. The summed E-state index contributed by atoms with van der Waals surface area (Å²) >= 11 is 13.6. The van der Waals surface area contributed by atoms with Crippen molar-refractivity contribution < 1.29 is 0 Å². The fourth-order valence-electron chi connectivity index (χ4n) is 2.36. The van der Waals surface area contributed by atoms with E-state index in [4.69, 9.17) is 23.2 Å². The first-order valence-electron chi connectivity index (χ1n) is 7.73. The molecule has 0 fully saturated rings. The molecule has 3 rings (SSSR count). The maximum Gasteiger partial charge on any atom is 0.191 e. The molecule has 1 aromatic heterocycles. The lowest BCUT2D eigenvalue weighted by atomic mass is 10.2. The highest BCUT2D eigenvalue weighted by Gasteiger charge is 2.14. The second kappa shape index (κ2) is 8.06. The van der Waals surface area contributed by atoms with E-state index in [0.717, 1.165) is 45.3 Å². The van der Waals surface area contributed by atoms with Crippen LogP contribution >= 0.6 is 35.0 Å². The lowest BCUT2D eigenvalue weighted by Gasteiger charge is -2.09. The van der Waals surface area contributed by atoms with E-state index in [1.165, 1.54) is 5.56 Å². The predicted molar refractivity (Wildman–Crippen MR) is 102 cm³/mol. The Balaban J connectivity index is 1.82. The molecular weight excluding hydrogens is 361 g/mol. The van der Waals surface area contributed by atoms with Crippen molar-refractivity contribution in [3.05, 3.63) is 64.1 Å². The molecule has 0 amide bonds. The summed E-state index contributed by atoms with van der Waals surface area (Å²) in [7, 11) is 0. The van der Waals surface area contributed by atoms with Crippen LogP contribution in [-0.4, -0.2) is 14.8 Å². The fraction of sp³-hybridized carbons (Fsp3) is 0.222. The molecule has 0 unspecified atom stereocenters. The van der Waals surface area contributed by atoms with Crippen molar-refractivity contribution in [2.24, 2.45) is 0 Å². The van der Waals surface area contributed by atoms with Gasteiger partial charge >= 0.3 is 0 Å². The number of hydrogen-bond acceptors (Lipinski definition) is 3. The van der Waals surface area contributed by atoms with Crippen LogP contribution in [0.25, 0.3) is 11.4 Å². The zero-order valence-electron chi connectivity index (χ0n) is 13.2. The summed E-state index contributed by atoms with van der Waals surface area (Å²) in [5.41, 5.74) is 2.24. The number of rotatable bonds is 6. The van der Waals surface area contributed by atoms with Gasteiger partial charge in [-0.05, 0) is 48.4 Å². The van der Waals surface area contributed by atoms with Crippen molar-refractivity contribution in [3.8, 4) is 11.4 Å². The second-order valence-electron chi connectivity index (χ2n) is 5.38. The minimum Gasteiger partial charge on any atom is -0.302 e. The van der Waals surface area contributed by atoms with Crippen LogP contribution in [0, 0.1) is 0 Å². The molecule has 0 spiro atoms. The van der Waals surface area contributed by atoms with Crippen LogP contribution in [0.1, 0.15) is 18.9 Å². The third-order valence-corrected chi connectivity index (χ3v) is 5.09. The fourth-order valence-corrected chi connectivity index (χ4v) is 3.53. The molecule has 6 heteroatoms. The molecule has 1 heterocycles. The molecule has 124 valence electrons. The van der Waals surface area contributed by atoms with Gasteiger partial charge in [0, 0.05) is 27.9 Å². The lowest BCUT2D eigenvalue weighted by molar-refractivity contribution is 0.626. The van der Waals surface area contributed by atoms with Gasteiger partial charge in [0.25, 0.3) is 0 Å². The number of hydrogen-bond donors (Lipinski definition) is 0. The third kappa shape index (κ3) is 4.12. The third-order valence-electron chi connectivity index (χ3n) is 3.55. The molecule has 2 aromatic carbocycles. The monoisotopic (exact) mass is 377 g/mol. The highest BCUT2D eigenvalue weighted by molar-refractivity contribution is 7.98. The van der Waals surface area contributed by atoms with Gasteiger partial charge in [0.15, 0.2) is 11.0 Å². The zero-order chi connectivity index (χ0) is 16.9. The molecule has 24 heavy (non-hydrogen) atoms. The quantitative estimate of drug-likeness (QED) is 0.496. The average Bonchev–Trinajstić information content (AvgIpc) is 2.98. The van der Waals surface area contributed by atoms with E-state index in [0.29, 0.717) is 0 Å². The van der Waals surface area contributed by atoms with Gasteiger partial charge in [-0.25, -0.2) is 0 Å². The summed E-state index contributed by atoms with van der Waals surface area (Å²) < 4.78 is 2.17. The summed E-state index contributed by atoms with van der Waals surface area (Å²) in [6.45, 7) is 3.03. The lowest BCUT2D eigenvalue weighted by Crippen LogP contribution is -2.02. The number of thioether (sulfide) groups is 1. The molecule has 3 nitrogen and oxygen atoms in total. The summed E-state index contributed by atoms with van der Waals surface area (Å²) in [5.74, 6) is 1.71. The van der Waals surface area contributed by atoms with Crippen molar-refractivity contribution in [2.45, 2.75) is 30.8 Å². The Hall–Kier alpha value is -1.49. The van der Waals surface area contributed by atoms with Crippen LogP contribution in [0.4, 0.5) is 0 Å². The minimum absolute atomic E-state index is 0.720. The highest BCUT2D eigenvalue weighted by Crippen LogP contribution is 2.27. The predicted octanol–water partition coefficient (Wildman–Crippen LogP) is 5.95. The normalized spacial score (nSPS) is 11.0. The van der Waals surface area contributed by atoms with Gasteiger partial charge in [-0.3, -0.25) is 0 Å². The summed E-state index contributed by atoms with van der Waals surface area (Å²) in [4.78, 5) is 0. The summed E-state index contributed by atoms with van der Waals surface area (Å²) in [6.07, 6.45) is 1.02. The molecule has 0 aliphatic heterocycles. The van der Waals surface area contributed by atoms with Crippen molar-refractivity contribution in [1.82, 2.24) is 14.8 Å². The van der Waals surface area contributed by atoms with E-state index in [1.807, 2.05) is 48.5 Å². The Labute approximate surface area is 156 Å². The summed E-state index contributed by atoms with van der Waals surface area (Å²) in [6, 6.07) is 15.6. The van der Waals surface area contributed by atoms with Gasteiger partial charge in [0.05, 0.1) is 0 Å². The Morgan fingerprint density at radius 1 is 0.917 bits per heavy atom. The zero-order valence-corrected chi connectivity index (χ0v) is 15.6. The van der Waals surface area contributed by atoms with Gasteiger partial charge in [0.2, 0.25) is 0 Å². The van der Waals surface area contributed by atoms with Crippen molar-refractivity contribution in [3.63, 3.8) is 0 Å². The van der Waals surface area contributed by atoms with Crippen LogP contribution in [0.5, 0.6) is 0 Å². The van der Waals surface area contributed by atoms with E-state index in [9.17, 15) is 0 Å². The van der Waals surface area contributed by atoms with Gasteiger partial charge in [-0.2, -0.15) is 0 Å². The highest BCUT2D eigenvalue weighted by atomic mass is 35.5. The number of benzene rings is 2. The molecule has 0 N–H and O–H groups in total. The molecule has 3 aromatic rings. The molecule has 0 atom stereocenters. The van der Waals surface area contributed by atoms with Crippen LogP contribution in [0.15, 0.2) is 53.7 Å². The van der Waals surface area contributed by atoms with Gasteiger partial charge in [-0.15, -0.1) is 10.2 Å². The van der Waals surface area contributed by atoms with Gasteiger partial charge in [-0.1, -0.05) is 54.0 Å². The molecule has 0 saturated carbocycles. The molecule has 0 bridgehead atoms. The first-order valence-corrected chi connectivity index (χ1v) is 9.48. The molecule has 0 aliphatic carbocycles. The number of aromatic nitrogens is 3.